The second-order valence-electron chi connectivity index (χ2n) is 7.25. The number of carbonyl (C=O) groups is 5. The summed E-state index contributed by atoms with van der Waals surface area (Å²) >= 11 is 1.43. The Labute approximate surface area is 195 Å². The Morgan fingerprint density at radius 1 is 0.970 bits per heavy atom. The molecule has 0 fully saturated rings. The normalized spacial score (nSPS) is 13.3. The van der Waals surface area contributed by atoms with Crippen molar-refractivity contribution in [2.24, 2.45) is 5.73 Å². The summed E-state index contributed by atoms with van der Waals surface area (Å²) in [4.78, 5) is 59.2. The van der Waals surface area contributed by atoms with Crippen molar-refractivity contribution in [1.82, 2.24) is 16.0 Å². The molecule has 0 bridgehead atoms. The van der Waals surface area contributed by atoms with E-state index in [1.165, 1.54) is 11.8 Å². The van der Waals surface area contributed by atoms with E-state index in [4.69, 9.17) is 15.9 Å². The number of nitrogens with one attached hydrogen (secondary N) is 3. The standard InChI is InChI=1S/C21H30N4O7S/c1-33-10-9-16(21(31)32)24-17(26)12-23-20(30)15(7-8-18(27)28)25-19(29)14(22)11-13-5-3-2-4-6-13/h2-6,14-16H,7-12,22H2,1H3,(H,23,30)(H,24,26)(H,25,29)(H,27,28)(H,31,32). The lowest BCUT2D eigenvalue weighted by Crippen LogP contribution is -2.54. The molecule has 182 valence electrons. The molecule has 0 aliphatic rings. The van der Waals surface area contributed by atoms with Gasteiger partial charge in [0.05, 0.1) is 12.6 Å². The van der Waals surface area contributed by atoms with Gasteiger partial charge in [-0.1, -0.05) is 30.3 Å². The average Bonchev–Trinajstić information content (AvgIpc) is 2.77. The summed E-state index contributed by atoms with van der Waals surface area (Å²) in [5, 5.41) is 25.2. The number of hydrogen-bond donors (Lipinski definition) is 6. The van der Waals surface area contributed by atoms with Crippen LogP contribution in [0.3, 0.4) is 0 Å². The number of aliphatic carboxylic acids is 2. The first-order valence-corrected chi connectivity index (χ1v) is 11.6. The van der Waals surface area contributed by atoms with E-state index in [1.54, 1.807) is 30.5 Å². The van der Waals surface area contributed by atoms with Crippen LogP contribution in [0.25, 0.3) is 0 Å². The predicted molar refractivity (Wildman–Crippen MR) is 122 cm³/mol. The summed E-state index contributed by atoms with van der Waals surface area (Å²) in [5.74, 6) is -3.97. The van der Waals surface area contributed by atoms with Gasteiger partial charge in [0.25, 0.3) is 0 Å². The van der Waals surface area contributed by atoms with E-state index in [0.717, 1.165) is 5.56 Å². The van der Waals surface area contributed by atoms with Gasteiger partial charge in [-0.15, -0.1) is 0 Å². The van der Waals surface area contributed by atoms with Gasteiger partial charge >= 0.3 is 11.9 Å². The second kappa shape index (κ2) is 14.9. The quantitative estimate of drug-likeness (QED) is 0.189. The first kappa shape index (κ1) is 27.9. The maximum Gasteiger partial charge on any atom is 0.326 e. The molecule has 7 N–H and O–H groups in total. The fourth-order valence-corrected chi connectivity index (χ4v) is 3.28. The molecule has 0 saturated heterocycles. The minimum Gasteiger partial charge on any atom is -0.481 e. The van der Waals surface area contributed by atoms with E-state index < -0.39 is 60.8 Å². The number of hydrogen-bond acceptors (Lipinski definition) is 7. The van der Waals surface area contributed by atoms with Crippen LogP contribution in [-0.4, -0.2) is 76.6 Å². The summed E-state index contributed by atoms with van der Waals surface area (Å²) in [6.07, 6.45) is 1.63. The zero-order chi connectivity index (χ0) is 24.8. The van der Waals surface area contributed by atoms with E-state index >= 15 is 0 Å². The van der Waals surface area contributed by atoms with Gasteiger partial charge in [0.1, 0.15) is 12.1 Å². The lowest BCUT2D eigenvalue weighted by atomic mass is 10.0. The molecular formula is C21H30N4O7S. The van der Waals surface area contributed by atoms with Crippen LogP contribution >= 0.6 is 11.8 Å². The summed E-state index contributed by atoms with van der Waals surface area (Å²) < 4.78 is 0. The smallest absolute Gasteiger partial charge is 0.326 e. The number of nitrogens with two attached hydrogens (primary N) is 1. The Hall–Kier alpha value is -3.12. The van der Waals surface area contributed by atoms with Gasteiger partial charge in [-0.3, -0.25) is 19.2 Å². The zero-order valence-electron chi connectivity index (χ0n) is 18.3. The highest BCUT2D eigenvalue weighted by Gasteiger charge is 2.26. The molecule has 0 aromatic heterocycles. The van der Waals surface area contributed by atoms with Crippen LogP contribution < -0.4 is 21.7 Å². The molecule has 0 saturated carbocycles. The molecule has 3 unspecified atom stereocenters. The van der Waals surface area contributed by atoms with Crippen LogP contribution in [0.4, 0.5) is 0 Å². The van der Waals surface area contributed by atoms with Crippen LogP contribution in [-0.2, 0) is 30.4 Å². The number of amides is 3. The molecule has 1 aromatic rings. The van der Waals surface area contributed by atoms with Crippen molar-refractivity contribution in [2.75, 3.05) is 18.6 Å². The van der Waals surface area contributed by atoms with Gasteiger partial charge in [0, 0.05) is 6.42 Å². The van der Waals surface area contributed by atoms with Gasteiger partial charge in [-0.05, 0) is 36.8 Å². The van der Waals surface area contributed by atoms with Gasteiger partial charge < -0.3 is 31.9 Å². The van der Waals surface area contributed by atoms with Crippen LogP contribution in [0.1, 0.15) is 24.8 Å². The third-order valence-electron chi connectivity index (χ3n) is 4.58. The lowest BCUT2D eigenvalue weighted by molar-refractivity contribution is -0.141. The zero-order valence-corrected chi connectivity index (χ0v) is 19.1. The third kappa shape index (κ3) is 11.3. The van der Waals surface area contributed by atoms with E-state index in [9.17, 15) is 24.0 Å². The minimum absolute atomic E-state index is 0.210. The topological polar surface area (TPSA) is 188 Å². The van der Waals surface area contributed by atoms with Gasteiger partial charge in [0.15, 0.2) is 0 Å². The van der Waals surface area contributed by atoms with Crippen LogP contribution in [0.5, 0.6) is 0 Å². The van der Waals surface area contributed by atoms with Crippen molar-refractivity contribution in [3.63, 3.8) is 0 Å². The van der Waals surface area contributed by atoms with Crippen LogP contribution in [0, 0.1) is 0 Å². The lowest BCUT2D eigenvalue weighted by Gasteiger charge is -2.20. The molecule has 0 spiro atoms. The van der Waals surface area contributed by atoms with Gasteiger partial charge in [0.2, 0.25) is 17.7 Å². The fourth-order valence-electron chi connectivity index (χ4n) is 2.81. The van der Waals surface area contributed by atoms with Crippen molar-refractivity contribution in [3.8, 4) is 0 Å². The SMILES string of the molecule is CSCCC(NC(=O)CNC(=O)C(CCC(=O)O)NC(=O)C(N)Cc1ccccc1)C(=O)O. The molecule has 3 amide bonds. The van der Waals surface area contributed by atoms with Crippen molar-refractivity contribution in [3.05, 3.63) is 35.9 Å². The minimum atomic E-state index is -1.23. The second-order valence-corrected chi connectivity index (χ2v) is 8.23. The molecule has 3 atom stereocenters. The number of carboxylic acid groups (broad SMARTS) is 2. The molecule has 1 rings (SSSR count). The van der Waals surface area contributed by atoms with Gasteiger partial charge in [-0.2, -0.15) is 11.8 Å². The van der Waals surface area contributed by atoms with Gasteiger partial charge in [-0.25, -0.2) is 4.79 Å². The van der Waals surface area contributed by atoms with Crippen molar-refractivity contribution >= 4 is 41.4 Å². The van der Waals surface area contributed by atoms with E-state index in [2.05, 4.69) is 16.0 Å². The predicted octanol–water partition coefficient (Wildman–Crippen LogP) is -0.655. The maximum atomic E-state index is 12.5. The monoisotopic (exact) mass is 482 g/mol. The Kier molecular flexibility index (Phi) is 12.6. The number of benzene rings is 1. The largest absolute Gasteiger partial charge is 0.481 e. The molecule has 0 aliphatic heterocycles. The maximum absolute atomic E-state index is 12.5. The average molecular weight is 483 g/mol. The highest BCUT2D eigenvalue weighted by atomic mass is 32.2. The summed E-state index contributed by atoms with van der Waals surface area (Å²) in [7, 11) is 0. The molecule has 0 aliphatic carbocycles. The van der Waals surface area contributed by atoms with E-state index in [0.29, 0.717) is 5.75 Å². The van der Waals surface area contributed by atoms with Crippen molar-refractivity contribution in [2.45, 2.75) is 43.8 Å². The highest BCUT2D eigenvalue weighted by molar-refractivity contribution is 7.98. The summed E-state index contributed by atoms with van der Waals surface area (Å²) in [6.45, 7) is -0.530. The molecule has 33 heavy (non-hydrogen) atoms. The molecular weight excluding hydrogens is 452 g/mol. The molecule has 11 nitrogen and oxygen atoms in total. The van der Waals surface area contributed by atoms with E-state index in [1.807, 2.05) is 6.07 Å². The van der Waals surface area contributed by atoms with E-state index in [-0.39, 0.29) is 19.3 Å². The van der Waals surface area contributed by atoms with Crippen molar-refractivity contribution in [1.29, 1.82) is 0 Å². The van der Waals surface area contributed by atoms with Crippen LogP contribution in [0.2, 0.25) is 0 Å². The highest BCUT2D eigenvalue weighted by Crippen LogP contribution is 2.04. The number of carboxylic acids is 2. The Balaban J connectivity index is 2.68. The Morgan fingerprint density at radius 3 is 2.21 bits per heavy atom. The molecule has 1 aromatic carbocycles. The first-order chi connectivity index (χ1) is 15.6. The fraction of sp³-hybridized carbons (Fsp3) is 0.476. The van der Waals surface area contributed by atoms with Crippen LogP contribution in [0.15, 0.2) is 30.3 Å². The number of carbonyl (C=O) groups excluding carboxylic acids is 3. The number of thioether (sulfide) groups is 1. The molecule has 0 radical (unpaired) electrons. The third-order valence-corrected chi connectivity index (χ3v) is 5.23. The first-order valence-electron chi connectivity index (χ1n) is 10.2. The van der Waals surface area contributed by atoms with Crippen molar-refractivity contribution < 1.29 is 34.2 Å². The Morgan fingerprint density at radius 2 is 1.64 bits per heavy atom. The molecule has 12 heteroatoms. The Bertz CT molecular complexity index is 822. The summed E-state index contributed by atoms with van der Waals surface area (Å²) in [5.41, 5.74) is 6.73. The number of rotatable bonds is 15. The molecule has 0 heterocycles. The summed E-state index contributed by atoms with van der Waals surface area (Å²) in [6, 6.07) is 5.71.